The van der Waals surface area contributed by atoms with E-state index in [9.17, 15) is 0 Å². The molecule has 0 amide bonds. The van der Waals surface area contributed by atoms with Crippen molar-refractivity contribution in [2.45, 2.75) is 33.1 Å². The molecule has 0 fully saturated rings. The fourth-order valence-corrected chi connectivity index (χ4v) is 1.17. The van der Waals surface area contributed by atoms with Gasteiger partial charge in [-0.05, 0) is 18.6 Å². The van der Waals surface area contributed by atoms with Crippen LogP contribution in [0, 0.1) is 11.8 Å². The number of hydrogen-bond donors (Lipinski definition) is 0. The number of rotatable bonds is 4. The summed E-state index contributed by atoms with van der Waals surface area (Å²) in [5.74, 6) is 8.53. The third-order valence-electron chi connectivity index (χ3n) is 1.02. The SMILES string of the molecule is CCCC#CCSCCC. The molecular weight excluding hydrogens is 140 g/mol. The van der Waals surface area contributed by atoms with Gasteiger partial charge in [0.05, 0.1) is 5.75 Å². The number of hydrogen-bond acceptors (Lipinski definition) is 1. The van der Waals surface area contributed by atoms with E-state index in [1.54, 1.807) is 0 Å². The largest absolute Gasteiger partial charge is 0.149 e. The minimum absolute atomic E-state index is 1.02. The zero-order valence-electron chi connectivity index (χ0n) is 6.94. The van der Waals surface area contributed by atoms with Crippen molar-refractivity contribution in [3.63, 3.8) is 0 Å². The van der Waals surface area contributed by atoms with Crippen molar-refractivity contribution in [1.82, 2.24) is 0 Å². The molecule has 0 radical (unpaired) electrons. The van der Waals surface area contributed by atoms with Gasteiger partial charge in [0, 0.05) is 6.42 Å². The molecule has 0 aliphatic carbocycles. The molecule has 0 aromatic heterocycles. The molecule has 0 aliphatic rings. The van der Waals surface area contributed by atoms with Crippen molar-refractivity contribution < 1.29 is 0 Å². The van der Waals surface area contributed by atoms with E-state index in [-0.39, 0.29) is 0 Å². The first-order valence-corrected chi connectivity index (χ1v) is 5.10. The summed E-state index contributed by atoms with van der Waals surface area (Å²) in [6.07, 6.45) is 3.51. The van der Waals surface area contributed by atoms with Crippen LogP contribution in [0.15, 0.2) is 0 Å². The van der Waals surface area contributed by atoms with Gasteiger partial charge < -0.3 is 0 Å². The Labute approximate surface area is 68.8 Å². The minimum Gasteiger partial charge on any atom is -0.149 e. The van der Waals surface area contributed by atoms with E-state index in [1.807, 2.05) is 11.8 Å². The Balaban J connectivity index is 2.96. The highest BCUT2D eigenvalue weighted by Crippen LogP contribution is 1.99. The summed E-state index contributed by atoms with van der Waals surface area (Å²) in [7, 11) is 0. The van der Waals surface area contributed by atoms with Crippen LogP contribution < -0.4 is 0 Å². The van der Waals surface area contributed by atoms with E-state index in [1.165, 1.54) is 18.6 Å². The first-order chi connectivity index (χ1) is 4.91. The van der Waals surface area contributed by atoms with Crippen molar-refractivity contribution in [2.24, 2.45) is 0 Å². The van der Waals surface area contributed by atoms with E-state index >= 15 is 0 Å². The topological polar surface area (TPSA) is 0 Å². The lowest BCUT2D eigenvalue weighted by atomic mass is 10.3. The molecule has 10 heavy (non-hydrogen) atoms. The van der Waals surface area contributed by atoms with Gasteiger partial charge in [0.1, 0.15) is 0 Å². The fraction of sp³-hybridized carbons (Fsp3) is 0.778. The summed E-state index contributed by atoms with van der Waals surface area (Å²) >= 11 is 1.93. The highest BCUT2D eigenvalue weighted by molar-refractivity contribution is 7.99. The molecule has 1 heteroatoms. The second kappa shape index (κ2) is 8.91. The predicted molar refractivity (Wildman–Crippen MR) is 50.3 cm³/mol. The van der Waals surface area contributed by atoms with Gasteiger partial charge in [-0.2, -0.15) is 0 Å². The Morgan fingerprint density at radius 2 is 1.90 bits per heavy atom. The molecular formula is C9H16S. The maximum Gasteiger partial charge on any atom is 0.0547 e. The molecule has 0 heterocycles. The maximum atomic E-state index is 3.13. The van der Waals surface area contributed by atoms with Gasteiger partial charge in [-0.1, -0.05) is 19.8 Å². The van der Waals surface area contributed by atoms with Crippen molar-refractivity contribution in [1.29, 1.82) is 0 Å². The lowest BCUT2D eigenvalue weighted by Crippen LogP contribution is -1.76. The lowest BCUT2D eigenvalue weighted by Gasteiger charge is -1.88. The van der Waals surface area contributed by atoms with Crippen molar-refractivity contribution in [2.75, 3.05) is 11.5 Å². The fourth-order valence-electron chi connectivity index (χ4n) is 0.532. The Morgan fingerprint density at radius 1 is 1.10 bits per heavy atom. The van der Waals surface area contributed by atoms with Crippen molar-refractivity contribution >= 4 is 11.8 Å². The van der Waals surface area contributed by atoms with E-state index in [4.69, 9.17) is 0 Å². The van der Waals surface area contributed by atoms with Crippen LogP contribution in [-0.2, 0) is 0 Å². The van der Waals surface area contributed by atoms with Gasteiger partial charge in [-0.3, -0.25) is 0 Å². The van der Waals surface area contributed by atoms with Crippen LogP contribution in [0.2, 0.25) is 0 Å². The van der Waals surface area contributed by atoms with Crippen molar-refractivity contribution in [3.8, 4) is 11.8 Å². The van der Waals surface area contributed by atoms with Crippen molar-refractivity contribution in [3.05, 3.63) is 0 Å². The average molecular weight is 156 g/mol. The quantitative estimate of drug-likeness (QED) is 0.445. The zero-order chi connectivity index (χ0) is 7.66. The molecule has 0 aromatic rings. The summed E-state index contributed by atoms with van der Waals surface area (Å²) < 4.78 is 0. The molecule has 0 aromatic carbocycles. The molecule has 0 saturated heterocycles. The molecule has 0 unspecified atom stereocenters. The Hall–Kier alpha value is -0.0900. The molecule has 0 aliphatic heterocycles. The zero-order valence-corrected chi connectivity index (χ0v) is 7.76. The minimum atomic E-state index is 1.02. The van der Waals surface area contributed by atoms with Gasteiger partial charge in [0.25, 0.3) is 0 Å². The Morgan fingerprint density at radius 3 is 2.50 bits per heavy atom. The average Bonchev–Trinajstić information content (AvgIpc) is 1.97. The monoisotopic (exact) mass is 156 g/mol. The van der Waals surface area contributed by atoms with Crippen LogP contribution in [-0.4, -0.2) is 11.5 Å². The van der Waals surface area contributed by atoms with Crippen LogP contribution >= 0.6 is 11.8 Å². The highest BCUT2D eigenvalue weighted by Gasteiger charge is 1.79. The first kappa shape index (κ1) is 9.91. The van der Waals surface area contributed by atoms with Gasteiger partial charge in [0.15, 0.2) is 0 Å². The van der Waals surface area contributed by atoms with E-state index in [0.717, 1.165) is 12.2 Å². The molecule has 0 saturated carbocycles. The summed E-state index contributed by atoms with van der Waals surface area (Å²) in [6.45, 7) is 4.36. The van der Waals surface area contributed by atoms with Crippen LogP contribution in [0.4, 0.5) is 0 Å². The number of unbranched alkanes of at least 4 members (excludes halogenated alkanes) is 1. The van der Waals surface area contributed by atoms with E-state index in [0.29, 0.717) is 0 Å². The summed E-state index contributed by atoms with van der Waals surface area (Å²) in [6, 6.07) is 0. The van der Waals surface area contributed by atoms with Gasteiger partial charge >= 0.3 is 0 Å². The third-order valence-corrected chi connectivity index (χ3v) is 2.07. The Bertz CT molecular complexity index is 108. The molecule has 0 spiro atoms. The third kappa shape index (κ3) is 7.91. The predicted octanol–water partition coefficient (Wildman–Crippen LogP) is 2.93. The summed E-state index contributed by atoms with van der Waals surface area (Å²) in [5, 5.41) is 0. The smallest absolute Gasteiger partial charge is 0.0547 e. The van der Waals surface area contributed by atoms with Gasteiger partial charge in [-0.25, -0.2) is 0 Å². The van der Waals surface area contributed by atoms with Crippen LogP contribution in [0.1, 0.15) is 33.1 Å². The lowest BCUT2D eigenvalue weighted by molar-refractivity contribution is 0.983. The first-order valence-electron chi connectivity index (χ1n) is 3.95. The van der Waals surface area contributed by atoms with E-state index < -0.39 is 0 Å². The standard InChI is InChI=1S/C9H16S/c1-3-5-6-7-9-10-8-4-2/h3-5,8-9H2,1-2H3. The van der Waals surface area contributed by atoms with Crippen LogP contribution in [0.3, 0.4) is 0 Å². The molecule has 0 N–H and O–H groups in total. The molecule has 0 bridgehead atoms. The summed E-state index contributed by atoms with van der Waals surface area (Å²) in [5.41, 5.74) is 0. The maximum absolute atomic E-state index is 3.13. The second-order valence-corrected chi connectivity index (χ2v) is 3.26. The molecule has 58 valence electrons. The molecule has 0 rings (SSSR count). The van der Waals surface area contributed by atoms with Gasteiger partial charge in [0.2, 0.25) is 0 Å². The normalized spacial score (nSPS) is 8.60. The summed E-state index contributed by atoms with van der Waals surface area (Å²) in [4.78, 5) is 0. The molecule has 0 nitrogen and oxygen atoms in total. The molecule has 0 atom stereocenters. The van der Waals surface area contributed by atoms with Gasteiger partial charge in [-0.15, -0.1) is 17.7 Å². The van der Waals surface area contributed by atoms with Crippen LogP contribution in [0.25, 0.3) is 0 Å². The highest BCUT2D eigenvalue weighted by atomic mass is 32.2. The van der Waals surface area contributed by atoms with Crippen LogP contribution in [0.5, 0.6) is 0 Å². The van der Waals surface area contributed by atoms with E-state index in [2.05, 4.69) is 25.7 Å². The number of thioether (sulfide) groups is 1. The second-order valence-electron chi connectivity index (χ2n) is 2.16. The Kier molecular flexibility index (Phi) is 8.83.